The number of hydrogen-bond acceptors (Lipinski definition) is 4. The van der Waals surface area contributed by atoms with Crippen molar-refractivity contribution in [2.45, 2.75) is 50.5 Å². The first-order valence-corrected chi connectivity index (χ1v) is 12.3. The number of rotatable bonds is 3. The van der Waals surface area contributed by atoms with E-state index in [1.807, 2.05) is 47.8 Å². The van der Waals surface area contributed by atoms with Crippen molar-refractivity contribution in [3.8, 4) is 0 Å². The fourth-order valence-electron chi connectivity index (χ4n) is 5.93. The van der Waals surface area contributed by atoms with E-state index in [0.29, 0.717) is 30.8 Å². The standard InChI is InChI=1S/C26H29ClN4O2/c1-29-10-2-3-20(29)15-31-16-22(21-5-4-19(27)13-24(21)31)25(32)30-11-7-26(8-12-30)23-14-28-9-6-18(23)17-33-26/h4-6,9,13-14,16,20H,2-3,7-8,10-12,15,17H2,1H3. The summed E-state index contributed by atoms with van der Waals surface area (Å²) in [5, 5.41) is 1.68. The third-order valence-corrected chi connectivity index (χ3v) is 8.15. The summed E-state index contributed by atoms with van der Waals surface area (Å²) >= 11 is 6.35. The van der Waals surface area contributed by atoms with Gasteiger partial charge in [0.15, 0.2) is 0 Å². The number of piperidine rings is 1. The molecule has 3 aliphatic heterocycles. The second kappa shape index (κ2) is 8.12. The SMILES string of the molecule is CN1CCCC1Cn1cc(C(=O)N2CCC3(CC2)OCc2ccncc23)c2ccc(Cl)cc21. The van der Waals surface area contributed by atoms with E-state index in [4.69, 9.17) is 16.3 Å². The maximum atomic E-state index is 13.7. The van der Waals surface area contributed by atoms with Crippen LogP contribution < -0.4 is 0 Å². The molecule has 6 rings (SSSR count). The van der Waals surface area contributed by atoms with Crippen molar-refractivity contribution in [1.29, 1.82) is 0 Å². The fraction of sp³-hybridized carbons (Fsp3) is 0.462. The Labute approximate surface area is 199 Å². The summed E-state index contributed by atoms with van der Waals surface area (Å²) in [6.45, 7) is 4.00. The third-order valence-electron chi connectivity index (χ3n) is 7.92. The highest BCUT2D eigenvalue weighted by Crippen LogP contribution is 2.44. The van der Waals surface area contributed by atoms with Gasteiger partial charge in [-0.05, 0) is 63.0 Å². The topological polar surface area (TPSA) is 50.6 Å². The molecule has 1 aromatic carbocycles. The van der Waals surface area contributed by atoms with Gasteiger partial charge in [-0.2, -0.15) is 0 Å². The average molecular weight is 465 g/mol. The second-order valence-corrected chi connectivity index (χ2v) is 10.2. The van der Waals surface area contributed by atoms with Gasteiger partial charge >= 0.3 is 0 Å². The van der Waals surface area contributed by atoms with E-state index >= 15 is 0 Å². The first-order valence-electron chi connectivity index (χ1n) is 11.9. The molecule has 172 valence electrons. The van der Waals surface area contributed by atoms with Gasteiger partial charge in [0.05, 0.1) is 23.3 Å². The average Bonchev–Trinajstić information content (AvgIpc) is 3.51. The normalized spacial score (nSPS) is 22.4. The Hall–Kier alpha value is -2.41. The van der Waals surface area contributed by atoms with Gasteiger partial charge in [-0.15, -0.1) is 0 Å². The van der Waals surface area contributed by atoms with Gasteiger partial charge in [0.1, 0.15) is 0 Å². The first kappa shape index (κ1) is 21.1. The Morgan fingerprint density at radius 1 is 1.24 bits per heavy atom. The molecule has 2 saturated heterocycles. The summed E-state index contributed by atoms with van der Waals surface area (Å²) < 4.78 is 8.49. The molecule has 1 spiro atoms. The summed E-state index contributed by atoms with van der Waals surface area (Å²) in [6, 6.07) is 8.40. The number of pyridine rings is 1. The minimum Gasteiger partial charge on any atom is -0.365 e. The van der Waals surface area contributed by atoms with Gasteiger partial charge in [0.25, 0.3) is 5.91 Å². The molecular formula is C26H29ClN4O2. The van der Waals surface area contributed by atoms with Gasteiger partial charge in [-0.25, -0.2) is 0 Å². The number of carbonyl (C=O) groups excluding carboxylic acids is 1. The number of nitrogens with zero attached hydrogens (tertiary/aromatic N) is 4. The molecule has 3 aromatic rings. The number of aromatic nitrogens is 2. The van der Waals surface area contributed by atoms with Crippen molar-refractivity contribution in [2.24, 2.45) is 0 Å². The molecule has 0 aliphatic carbocycles. The Kier molecular flexibility index (Phi) is 5.20. The number of likely N-dealkylation sites (tertiary alicyclic amines) is 2. The monoisotopic (exact) mass is 464 g/mol. The van der Waals surface area contributed by atoms with E-state index in [9.17, 15) is 4.79 Å². The number of ether oxygens (including phenoxy) is 1. The molecule has 5 heterocycles. The molecule has 2 fully saturated rings. The van der Waals surface area contributed by atoms with Crippen LogP contribution in [0.15, 0.2) is 42.9 Å². The van der Waals surface area contributed by atoms with E-state index in [0.717, 1.165) is 42.4 Å². The summed E-state index contributed by atoms with van der Waals surface area (Å²) in [5.41, 5.74) is 3.94. The van der Waals surface area contributed by atoms with Crippen LogP contribution in [-0.4, -0.2) is 58.0 Å². The number of benzene rings is 1. The number of hydrogen-bond donors (Lipinski definition) is 0. The summed E-state index contributed by atoms with van der Waals surface area (Å²) in [4.78, 5) is 22.4. The number of halogens is 1. The predicted octanol–water partition coefficient (Wildman–Crippen LogP) is 4.45. The Morgan fingerprint density at radius 3 is 2.88 bits per heavy atom. The summed E-state index contributed by atoms with van der Waals surface area (Å²) in [6.07, 6.45) is 9.82. The van der Waals surface area contributed by atoms with Crippen LogP contribution >= 0.6 is 11.6 Å². The van der Waals surface area contributed by atoms with Crippen molar-refractivity contribution in [3.05, 3.63) is 64.6 Å². The molecule has 1 amide bonds. The van der Waals surface area contributed by atoms with Crippen LogP contribution in [0.2, 0.25) is 5.02 Å². The van der Waals surface area contributed by atoms with Gasteiger partial charge in [0, 0.05) is 60.2 Å². The van der Waals surface area contributed by atoms with Crippen molar-refractivity contribution >= 4 is 28.4 Å². The molecule has 0 bridgehead atoms. The lowest BCUT2D eigenvalue weighted by Gasteiger charge is -2.39. The maximum absolute atomic E-state index is 13.7. The summed E-state index contributed by atoms with van der Waals surface area (Å²) in [7, 11) is 2.19. The lowest BCUT2D eigenvalue weighted by Crippen LogP contribution is -2.45. The third kappa shape index (κ3) is 3.56. The van der Waals surface area contributed by atoms with Crippen LogP contribution in [0.4, 0.5) is 0 Å². The van der Waals surface area contributed by atoms with E-state index < -0.39 is 0 Å². The van der Waals surface area contributed by atoms with Crippen LogP contribution in [0.1, 0.15) is 47.2 Å². The highest BCUT2D eigenvalue weighted by molar-refractivity contribution is 6.31. The van der Waals surface area contributed by atoms with Crippen molar-refractivity contribution < 1.29 is 9.53 Å². The van der Waals surface area contributed by atoms with Crippen LogP contribution in [-0.2, 0) is 23.5 Å². The zero-order valence-corrected chi connectivity index (χ0v) is 19.7. The van der Waals surface area contributed by atoms with Gasteiger partial charge < -0.3 is 19.1 Å². The van der Waals surface area contributed by atoms with E-state index in [1.165, 1.54) is 24.0 Å². The molecule has 0 radical (unpaired) electrons. The highest BCUT2D eigenvalue weighted by Gasteiger charge is 2.43. The lowest BCUT2D eigenvalue weighted by atomic mass is 9.84. The van der Waals surface area contributed by atoms with Crippen molar-refractivity contribution in [1.82, 2.24) is 19.4 Å². The van der Waals surface area contributed by atoms with Crippen molar-refractivity contribution in [3.63, 3.8) is 0 Å². The number of fused-ring (bicyclic) bond motifs is 3. The molecule has 33 heavy (non-hydrogen) atoms. The molecule has 0 saturated carbocycles. The number of amides is 1. The molecule has 2 aromatic heterocycles. The Bertz CT molecular complexity index is 1210. The molecule has 1 unspecified atom stereocenters. The highest BCUT2D eigenvalue weighted by atomic mass is 35.5. The fourth-order valence-corrected chi connectivity index (χ4v) is 6.10. The largest absolute Gasteiger partial charge is 0.365 e. The molecule has 1 atom stereocenters. The molecule has 3 aliphatic rings. The number of likely N-dealkylation sites (N-methyl/N-ethyl adjacent to an activating group) is 1. The summed E-state index contributed by atoms with van der Waals surface area (Å²) in [5.74, 6) is 0.0973. The van der Waals surface area contributed by atoms with E-state index in [1.54, 1.807) is 0 Å². The Morgan fingerprint density at radius 2 is 2.09 bits per heavy atom. The van der Waals surface area contributed by atoms with Gasteiger partial charge in [0.2, 0.25) is 0 Å². The quantitative estimate of drug-likeness (QED) is 0.574. The van der Waals surface area contributed by atoms with Crippen molar-refractivity contribution in [2.75, 3.05) is 26.7 Å². The predicted molar refractivity (Wildman–Crippen MR) is 128 cm³/mol. The van der Waals surface area contributed by atoms with Gasteiger partial charge in [-0.3, -0.25) is 9.78 Å². The van der Waals surface area contributed by atoms with E-state index in [-0.39, 0.29) is 11.5 Å². The first-order chi connectivity index (χ1) is 16.0. The number of carbonyl (C=O) groups is 1. The lowest BCUT2D eigenvalue weighted by molar-refractivity contribution is -0.0742. The molecule has 7 heteroatoms. The van der Waals surface area contributed by atoms with Crippen LogP contribution in [0, 0.1) is 0 Å². The molecule has 6 nitrogen and oxygen atoms in total. The zero-order valence-electron chi connectivity index (χ0n) is 19.0. The van der Waals surface area contributed by atoms with Crippen LogP contribution in [0.25, 0.3) is 10.9 Å². The Balaban J connectivity index is 1.26. The molecular weight excluding hydrogens is 436 g/mol. The van der Waals surface area contributed by atoms with Gasteiger partial charge in [-0.1, -0.05) is 17.7 Å². The minimum atomic E-state index is -0.297. The second-order valence-electron chi connectivity index (χ2n) is 9.74. The molecule has 0 N–H and O–H groups in total. The minimum absolute atomic E-state index is 0.0973. The maximum Gasteiger partial charge on any atom is 0.256 e. The van der Waals surface area contributed by atoms with Crippen LogP contribution in [0.5, 0.6) is 0 Å². The van der Waals surface area contributed by atoms with Crippen LogP contribution in [0.3, 0.4) is 0 Å². The zero-order chi connectivity index (χ0) is 22.6. The van der Waals surface area contributed by atoms with E-state index in [2.05, 4.69) is 21.5 Å². The smallest absolute Gasteiger partial charge is 0.256 e.